The highest BCUT2D eigenvalue weighted by Crippen LogP contribution is 2.45. The van der Waals surface area contributed by atoms with Crippen LogP contribution in [0.5, 0.6) is 11.5 Å². The Labute approximate surface area is 200 Å². The summed E-state index contributed by atoms with van der Waals surface area (Å²) in [4.78, 5) is 38.4. The molecule has 1 aliphatic heterocycles. The number of ether oxygens (including phenoxy) is 4. The molecule has 1 aromatic carbocycles. The minimum atomic E-state index is -1.10. The van der Waals surface area contributed by atoms with Gasteiger partial charge in [-0.15, -0.1) is 0 Å². The first-order valence-corrected chi connectivity index (χ1v) is 11.3. The molecule has 0 aromatic heterocycles. The molecule has 1 unspecified atom stereocenters. The van der Waals surface area contributed by atoms with Crippen LogP contribution < -0.4 is 9.47 Å². The summed E-state index contributed by atoms with van der Waals surface area (Å²) in [5, 5.41) is 0. The van der Waals surface area contributed by atoms with Gasteiger partial charge in [0.15, 0.2) is 5.78 Å². The third-order valence-electron chi connectivity index (χ3n) is 6.20. The molecule has 34 heavy (non-hydrogen) atoms. The van der Waals surface area contributed by atoms with Crippen LogP contribution in [0.1, 0.15) is 56.8 Å². The maximum absolute atomic E-state index is 13.0. The lowest BCUT2D eigenvalue weighted by Crippen LogP contribution is -2.43. The second-order valence-electron chi connectivity index (χ2n) is 8.99. The predicted octanol–water partition coefficient (Wildman–Crippen LogP) is 4.75. The van der Waals surface area contributed by atoms with E-state index in [2.05, 4.69) is 6.08 Å². The van der Waals surface area contributed by atoms with Crippen molar-refractivity contribution in [2.75, 3.05) is 14.2 Å². The van der Waals surface area contributed by atoms with E-state index in [4.69, 9.17) is 18.9 Å². The van der Waals surface area contributed by atoms with E-state index in [9.17, 15) is 14.4 Å². The molecule has 0 amide bonds. The van der Waals surface area contributed by atoms with Crippen molar-refractivity contribution >= 4 is 17.7 Å². The molecule has 3 rings (SSSR count). The van der Waals surface area contributed by atoms with Gasteiger partial charge in [0, 0.05) is 6.42 Å². The number of rotatable bonds is 8. The SMILES string of the molecule is COc1cccc(OC)c1C(=O)O[C@@H]1C=CC(=O)C2(CC(=O)O[C@@H]2/C=C(\C)CCC=C(C)C)C1. The second kappa shape index (κ2) is 10.7. The summed E-state index contributed by atoms with van der Waals surface area (Å²) in [6.07, 6.45) is 7.30. The molecule has 0 bridgehead atoms. The van der Waals surface area contributed by atoms with Crippen molar-refractivity contribution in [1.82, 2.24) is 0 Å². The maximum atomic E-state index is 13.0. The summed E-state index contributed by atoms with van der Waals surface area (Å²) in [6.45, 7) is 6.05. The number of allylic oxidation sites excluding steroid dienone is 4. The number of methoxy groups -OCH3 is 2. The van der Waals surface area contributed by atoms with Crippen LogP contribution in [0.2, 0.25) is 0 Å². The Kier molecular flexibility index (Phi) is 7.97. The highest BCUT2D eigenvalue weighted by Gasteiger charge is 2.55. The molecule has 7 heteroatoms. The zero-order valence-electron chi connectivity index (χ0n) is 20.4. The number of ketones is 1. The van der Waals surface area contributed by atoms with Gasteiger partial charge in [-0.2, -0.15) is 0 Å². The van der Waals surface area contributed by atoms with Crippen molar-refractivity contribution in [2.24, 2.45) is 5.41 Å². The van der Waals surface area contributed by atoms with E-state index in [0.29, 0.717) is 11.5 Å². The lowest BCUT2D eigenvalue weighted by molar-refractivity contribution is -0.140. The van der Waals surface area contributed by atoms with Gasteiger partial charge in [0.2, 0.25) is 0 Å². The van der Waals surface area contributed by atoms with Crippen LogP contribution >= 0.6 is 0 Å². The van der Waals surface area contributed by atoms with E-state index in [1.807, 2.05) is 26.8 Å². The van der Waals surface area contributed by atoms with Crippen LogP contribution in [0.4, 0.5) is 0 Å². The first-order valence-electron chi connectivity index (χ1n) is 11.3. The van der Waals surface area contributed by atoms with Gasteiger partial charge in [-0.25, -0.2) is 4.79 Å². The quantitative estimate of drug-likeness (QED) is 0.402. The zero-order chi connectivity index (χ0) is 24.9. The van der Waals surface area contributed by atoms with Crippen LogP contribution in [-0.2, 0) is 19.1 Å². The summed E-state index contributed by atoms with van der Waals surface area (Å²) in [6, 6.07) is 4.99. The predicted molar refractivity (Wildman–Crippen MR) is 127 cm³/mol. The van der Waals surface area contributed by atoms with Crippen LogP contribution in [0, 0.1) is 5.41 Å². The number of esters is 2. The van der Waals surface area contributed by atoms with E-state index in [-0.39, 0.29) is 24.2 Å². The molecule has 3 atom stereocenters. The Balaban J connectivity index is 1.82. The Hall–Kier alpha value is -3.35. The fourth-order valence-electron chi connectivity index (χ4n) is 4.41. The molecule has 1 fully saturated rings. The third kappa shape index (κ3) is 5.41. The number of benzene rings is 1. The molecule has 1 aromatic rings. The van der Waals surface area contributed by atoms with Gasteiger partial charge in [-0.05, 0) is 64.0 Å². The van der Waals surface area contributed by atoms with Crippen LogP contribution in [0.25, 0.3) is 0 Å². The van der Waals surface area contributed by atoms with Gasteiger partial charge in [0.25, 0.3) is 0 Å². The first kappa shape index (κ1) is 25.3. The molecule has 1 saturated heterocycles. The fraction of sp³-hybridized carbons (Fsp3) is 0.444. The summed E-state index contributed by atoms with van der Waals surface area (Å²) >= 11 is 0. The molecular formula is C27H32O7. The Bertz CT molecular complexity index is 1020. The van der Waals surface area contributed by atoms with E-state index in [0.717, 1.165) is 18.4 Å². The highest BCUT2D eigenvalue weighted by molar-refractivity contribution is 6.01. The first-order chi connectivity index (χ1) is 16.2. The van der Waals surface area contributed by atoms with E-state index in [1.165, 1.54) is 25.9 Å². The van der Waals surface area contributed by atoms with Gasteiger partial charge in [0.1, 0.15) is 29.3 Å². The number of carbonyl (C=O) groups is 3. The topological polar surface area (TPSA) is 88.1 Å². The fourth-order valence-corrected chi connectivity index (χ4v) is 4.41. The molecule has 0 saturated carbocycles. The molecule has 182 valence electrons. The third-order valence-corrected chi connectivity index (χ3v) is 6.20. The smallest absolute Gasteiger partial charge is 0.346 e. The maximum Gasteiger partial charge on any atom is 0.346 e. The monoisotopic (exact) mass is 468 g/mol. The molecule has 1 aliphatic carbocycles. The lowest BCUT2D eigenvalue weighted by atomic mass is 9.69. The normalized spacial score (nSPS) is 24.1. The lowest BCUT2D eigenvalue weighted by Gasteiger charge is -2.34. The Morgan fingerprint density at radius 3 is 2.44 bits per heavy atom. The molecule has 7 nitrogen and oxygen atoms in total. The van der Waals surface area contributed by atoms with Crippen molar-refractivity contribution < 1.29 is 33.3 Å². The molecule has 1 spiro atoms. The van der Waals surface area contributed by atoms with Gasteiger partial charge in [-0.3, -0.25) is 9.59 Å². The van der Waals surface area contributed by atoms with Crippen molar-refractivity contribution in [1.29, 1.82) is 0 Å². The molecule has 2 aliphatic rings. The highest BCUT2D eigenvalue weighted by atomic mass is 16.6. The summed E-state index contributed by atoms with van der Waals surface area (Å²) in [7, 11) is 2.91. The molecule has 1 heterocycles. The molecule has 0 radical (unpaired) electrons. The molecule has 0 N–H and O–H groups in total. The summed E-state index contributed by atoms with van der Waals surface area (Å²) < 4.78 is 21.9. The Morgan fingerprint density at radius 2 is 1.82 bits per heavy atom. The number of hydrogen-bond acceptors (Lipinski definition) is 7. The molecular weight excluding hydrogens is 436 g/mol. The van der Waals surface area contributed by atoms with E-state index >= 15 is 0 Å². The van der Waals surface area contributed by atoms with Crippen molar-refractivity contribution in [3.8, 4) is 11.5 Å². The number of cyclic esters (lactones) is 1. The average molecular weight is 469 g/mol. The van der Waals surface area contributed by atoms with Crippen LogP contribution in [0.3, 0.4) is 0 Å². The summed E-state index contributed by atoms with van der Waals surface area (Å²) in [5.41, 5.74) is 1.34. The van der Waals surface area contributed by atoms with Crippen LogP contribution in [-0.4, -0.2) is 44.1 Å². The van der Waals surface area contributed by atoms with Crippen molar-refractivity contribution in [3.05, 3.63) is 59.2 Å². The van der Waals surface area contributed by atoms with Gasteiger partial charge in [0.05, 0.1) is 26.1 Å². The van der Waals surface area contributed by atoms with Crippen LogP contribution in [0.15, 0.2) is 53.6 Å². The van der Waals surface area contributed by atoms with Crippen molar-refractivity contribution in [2.45, 2.75) is 58.7 Å². The minimum absolute atomic E-state index is 0.0510. The zero-order valence-corrected chi connectivity index (χ0v) is 20.4. The van der Waals surface area contributed by atoms with Gasteiger partial charge in [-0.1, -0.05) is 23.3 Å². The van der Waals surface area contributed by atoms with Crippen molar-refractivity contribution in [3.63, 3.8) is 0 Å². The number of hydrogen-bond donors (Lipinski definition) is 0. The summed E-state index contributed by atoms with van der Waals surface area (Å²) in [5.74, 6) is -0.620. The van der Waals surface area contributed by atoms with E-state index in [1.54, 1.807) is 24.3 Å². The van der Waals surface area contributed by atoms with Gasteiger partial charge < -0.3 is 18.9 Å². The standard InChI is InChI=1S/C27H32O7/c1-17(2)8-6-9-18(3)14-23-27(16-24(29)34-23)15-19(12-13-22(27)28)33-26(30)25-20(31-4)10-7-11-21(25)32-5/h7-8,10-14,19,23H,6,9,15-16H2,1-5H3/b18-14+/t19-,23-,27?/m1/s1. The van der Waals surface area contributed by atoms with E-state index < -0.39 is 29.6 Å². The largest absolute Gasteiger partial charge is 0.496 e. The Morgan fingerprint density at radius 1 is 1.15 bits per heavy atom. The minimum Gasteiger partial charge on any atom is -0.496 e. The average Bonchev–Trinajstić information content (AvgIpc) is 3.10. The second-order valence-corrected chi connectivity index (χ2v) is 8.99. The van der Waals surface area contributed by atoms with Gasteiger partial charge >= 0.3 is 11.9 Å². The number of carbonyl (C=O) groups excluding carboxylic acids is 3.